The minimum atomic E-state index is 0.302. The quantitative estimate of drug-likeness (QED) is 0.291. The van der Waals surface area contributed by atoms with Crippen molar-refractivity contribution in [3.8, 4) is 0 Å². The van der Waals surface area contributed by atoms with E-state index >= 15 is 0 Å². The second kappa shape index (κ2) is 12.4. The summed E-state index contributed by atoms with van der Waals surface area (Å²) < 4.78 is 0. The first-order valence-electron chi connectivity index (χ1n) is 13.9. The van der Waals surface area contributed by atoms with E-state index in [9.17, 15) is 4.79 Å². The van der Waals surface area contributed by atoms with Crippen molar-refractivity contribution in [3.05, 3.63) is 105 Å². The maximum atomic E-state index is 13.2. The van der Waals surface area contributed by atoms with E-state index in [0.717, 1.165) is 69.1 Å². The van der Waals surface area contributed by atoms with Crippen LogP contribution >= 0.6 is 11.6 Å². The Balaban J connectivity index is 1.13. The van der Waals surface area contributed by atoms with Crippen LogP contribution in [0, 0.1) is 12.8 Å². The first-order chi connectivity index (χ1) is 18.0. The van der Waals surface area contributed by atoms with Crippen molar-refractivity contribution in [3.63, 3.8) is 0 Å². The number of piperidine rings is 1. The van der Waals surface area contributed by atoms with E-state index in [0.29, 0.717) is 18.1 Å². The second-order valence-corrected chi connectivity index (χ2v) is 11.5. The highest BCUT2D eigenvalue weighted by molar-refractivity contribution is 6.30. The molecule has 2 heterocycles. The Morgan fingerprint density at radius 1 is 0.892 bits per heavy atom. The molecule has 0 amide bonds. The lowest BCUT2D eigenvalue weighted by Crippen LogP contribution is -2.33. The van der Waals surface area contributed by atoms with Gasteiger partial charge in [-0.2, -0.15) is 0 Å². The summed E-state index contributed by atoms with van der Waals surface area (Å²) in [5.74, 6) is 0.960. The fraction of sp³-hybridized carbons (Fsp3) is 0.424. The molecule has 1 fully saturated rings. The molecule has 0 radical (unpaired) electrons. The summed E-state index contributed by atoms with van der Waals surface area (Å²) in [6, 6.07) is 23.3. The first-order valence-corrected chi connectivity index (χ1v) is 14.3. The van der Waals surface area contributed by atoms with Crippen LogP contribution in [0.3, 0.4) is 0 Å². The van der Waals surface area contributed by atoms with Crippen LogP contribution in [0.5, 0.6) is 0 Å². The number of ketones is 1. The number of Topliss-reactive ketones (excluding diaryl/α,β-unsaturated/α-hetero) is 1. The smallest absolute Gasteiger partial charge is 0.162 e. The van der Waals surface area contributed by atoms with E-state index in [2.05, 4.69) is 71.3 Å². The average Bonchev–Trinajstić information content (AvgIpc) is 3.10. The Morgan fingerprint density at radius 2 is 1.73 bits per heavy atom. The van der Waals surface area contributed by atoms with Gasteiger partial charge in [0.25, 0.3) is 0 Å². The van der Waals surface area contributed by atoms with E-state index in [1.807, 2.05) is 12.1 Å². The predicted molar refractivity (Wildman–Crippen MR) is 153 cm³/mol. The molecule has 0 atom stereocenters. The Morgan fingerprint density at radius 3 is 2.54 bits per heavy atom. The van der Waals surface area contributed by atoms with Crippen molar-refractivity contribution < 1.29 is 4.79 Å². The number of carbonyl (C=O) groups excluding carboxylic acids is 1. The van der Waals surface area contributed by atoms with Crippen molar-refractivity contribution in [1.29, 1.82) is 0 Å². The number of nitrogens with zero attached hydrogens (tertiary/aromatic N) is 2. The lowest BCUT2D eigenvalue weighted by Gasteiger charge is -2.32. The zero-order valence-corrected chi connectivity index (χ0v) is 22.9. The molecule has 3 aromatic carbocycles. The molecule has 5 rings (SSSR count). The van der Waals surface area contributed by atoms with Gasteiger partial charge in [-0.05, 0) is 111 Å². The molecular formula is C33H39ClN2O. The molecule has 1 saturated heterocycles. The summed E-state index contributed by atoms with van der Waals surface area (Å²) >= 11 is 6.20. The Kier molecular flexibility index (Phi) is 8.76. The van der Waals surface area contributed by atoms with Crippen molar-refractivity contribution >= 4 is 17.4 Å². The standard InChI is InChI=1S/C33H39ClN2O/c1-25-6-2-3-8-30(25)23-35-18-15-26(16-19-35)11-14-33(37)29-13-12-28-9-5-17-36(24-31(28)21-29)22-27-7-4-10-32(34)20-27/h2-4,6-8,10,12-13,20-21,26H,5,9,11,14-19,22-24H2,1H3. The van der Waals surface area contributed by atoms with Gasteiger partial charge in [-0.1, -0.05) is 60.1 Å². The van der Waals surface area contributed by atoms with E-state index in [4.69, 9.17) is 11.6 Å². The minimum absolute atomic E-state index is 0.302. The highest BCUT2D eigenvalue weighted by atomic mass is 35.5. The number of hydrogen-bond acceptors (Lipinski definition) is 3. The number of aryl methyl sites for hydroxylation is 2. The highest BCUT2D eigenvalue weighted by Crippen LogP contribution is 2.26. The van der Waals surface area contributed by atoms with Crippen LogP contribution in [-0.4, -0.2) is 35.2 Å². The van der Waals surface area contributed by atoms with Crippen LogP contribution in [-0.2, 0) is 26.1 Å². The fourth-order valence-corrected chi connectivity index (χ4v) is 6.19. The van der Waals surface area contributed by atoms with E-state index in [-0.39, 0.29) is 0 Å². The lowest BCUT2D eigenvalue weighted by atomic mass is 9.89. The van der Waals surface area contributed by atoms with Crippen LogP contribution < -0.4 is 0 Å². The molecule has 4 heteroatoms. The molecule has 0 N–H and O–H groups in total. The molecule has 3 nitrogen and oxygen atoms in total. The molecule has 3 aromatic rings. The first kappa shape index (κ1) is 26.2. The average molecular weight is 515 g/mol. The third-order valence-electron chi connectivity index (χ3n) is 8.28. The van der Waals surface area contributed by atoms with E-state index < -0.39 is 0 Å². The van der Waals surface area contributed by atoms with Crippen molar-refractivity contribution in [2.75, 3.05) is 19.6 Å². The zero-order valence-electron chi connectivity index (χ0n) is 22.1. The Hall–Kier alpha value is -2.46. The largest absolute Gasteiger partial charge is 0.299 e. The molecule has 0 bridgehead atoms. The molecule has 0 spiro atoms. The summed E-state index contributed by atoms with van der Waals surface area (Å²) in [6.07, 6.45) is 6.28. The Labute approximate surface area is 227 Å². The van der Waals surface area contributed by atoms with Crippen LogP contribution in [0.2, 0.25) is 5.02 Å². The maximum absolute atomic E-state index is 13.2. The molecule has 0 saturated carbocycles. The summed E-state index contributed by atoms with van der Waals surface area (Å²) in [7, 11) is 0. The highest BCUT2D eigenvalue weighted by Gasteiger charge is 2.22. The van der Waals surface area contributed by atoms with Crippen molar-refractivity contribution in [2.45, 2.75) is 65.1 Å². The number of fused-ring (bicyclic) bond motifs is 1. The van der Waals surface area contributed by atoms with E-state index in [1.165, 1.54) is 40.7 Å². The number of halogens is 1. The number of hydrogen-bond donors (Lipinski definition) is 0. The van der Waals surface area contributed by atoms with Crippen molar-refractivity contribution in [2.24, 2.45) is 5.92 Å². The molecule has 0 unspecified atom stereocenters. The summed E-state index contributed by atoms with van der Waals surface area (Å²) in [5, 5.41) is 0.789. The van der Waals surface area contributed by atoms with Gasteiger partial charge in [0.2, 0.25) is 0 Å². The predicted octanol–water partition coefficient (Wildman–Crippen LogP) is 7.47. The van der Waals surface area contributed by atoms with Gasteiger partial charge in [0.05, 0.1) is 0 Å². The van der Waals surface area contributed by atoms with Gasteiger partial charge in [-0.3, -0.25) is 14.6 Å². The number of benzene rings is 3. The van der Waals surface area contributed by atoms with E-state index in [1.54, 1.807) is 0 Å². The Bertz CT molecular complexity index is 1210. The molecule has 194 valence electrons. The summed E-state index contributed by atoms with van der Waals surface area (Å²) in [5.41, 5.74) is 7.66. The molecule has 0 aromatic heterocycles. The normalized spacial score (nSPS) is 17.4. The molecular weight excluding hydrogens is 476 g/mol. The number of rotatable bonds is 8. The SMILES string of the molecule is Cc1ccccc1CN1CCC(CCC(=O)c2ccc3c(c2)CN(Cc2cccc(Cl)c2)CCC3)CC1. The van der Waals surface area contributed by atoms with Crippen LogP contribution in [0.1, 0.15) is 70.3 Å². The van der Waals surface area contributed by atoms with Gasteiger partial charge in [-0.15, -0.1) is 0 Å². The van der Waals surface area contributed by atoms with Gasteiger partial charge >= 0.3 is 0 Å². The van der Waals surface area contributed by atoms with Gasteiger partial charge in [-0.25, -0.2) is 0 Å². The van der Waals surface area contributed by atoms with Gasteiger partial charge in [0, 0.05) is 36.6 Å². The molecule has 2 aliphatic heterocycles. The number of carbonyl (C=O) groups is 1. The van der Waals surface area contributed by atoms with Crippen LogP contribution in [0.15, 0.2) is 66.7 Å². The maximum Gasteiger partial charge on any atom is 0.162 e. The third kappa shape index (κ3) is 7.10. The van der Waals surface area contributed by atoms with Gasteiger partial charge < -0.3 is 0 Å². The van der Waals surface area contributed by atoms with Crippen molar-refractivity contribution in [1.82, 2.24) is 9.80 Å². The van der Waals surface area contributed by atoms with Crippen LogP contribution in [0.4, 0.5) is 0 Å². The fourth-order valence-electron chi connectivity index (χ4n) is 5.97. The van der Waals surface area contributed by atoms with Gasteiger partial charge in [0.1, 0.15) is 0 Å². The summed E-state index contributed by atoms with van der Waals surface area (Å²) in [6.45, 7) is 8.35. The topological polar surface area (TPSA) is 23.6 Å². The molecule has 2 aliphatic rings. The monoisotopic (exact) mass is 514 g/mol. The number of likely N-dealkylation sites (tertiary alicyclic amines) is 1. The minimum Gasteiger partial charge on any atom is -0.299 e. The lowest BCUT2D eigenvalue weighted by molar-refractivity contribution is 0.0961. The molecule has 0 aliphatic carbocycles. The third-order valence-corrected chi connectivity index (χ3v) is 8.51. The zero-order chi connectivity index (χ0) is 25.6. The van der Waals surface area contributed by atoms with Gasteiger partial charge in [0.15, 0.2) is 5.78 Å². The second-order valence-electron chi connectivity index (χ2n) is 11.0. The molecule has 37 heavy (non-hydrogen) atoms. The van der Waals surface area contributed by atoms with Crippen LogP contribution in [0.25, 0.3) is 0 Å². The summed E-state index contributed by atoms with van der Waals surface area (Å²) in [4.78, 5) is 18.2.